The van der Waals surface area contributed by atoms with E-state index in [4.69, 9.17) is 0 Å². The van der Waals surface area contributed by atoms with Gasteiger partial charge in [0.1, 0.15) is 0 Å². The minimum Gasteiger partial charge on any atom is -0.309 e. The first-order valence-corrected chi connectivity index (χ1v) is 8.05. The lowest BCUT2D eigenvalue weighted by Gasteiger charge is -2.17. The molecule has 5 heteroatoms. The fourth-order valence-corrected chi connectivity index (χ4v) is 3.52. The maximum absolute atomic E-state index is 4.56. The highest BCUT2D eigenvalue weighted by molar-refractivity contribution is 7.11. The molecule has 2 aromatic rings. The lowest BCUT2D eigenvalue weighted by atomic mass is 10.1. The van der Waals surface area contributed by atoms with E-state index in [0.717, 1.165) is 35.8 Å². The largest absolute Gasteiger partial charge is 0.309 e. The number of nitrogens with one attached hydrogen (secondary N) is 1. The average molecular weight is 292 g/mol. The summed E-state index contributed by atoms with van der Waals surface area (Å²) < 4.78 is 2.01. The molecule has 0 aliphatic carbocycles. The Bertz CT molecular complexity index is 570. The van der Waals surface area contributed by atoms with Gasteiger partial charge in [0.25, 0.3) is 0 Å². The van der Waals surface area contributed by atoms with E-state index in [0.29, 0.717) is 6.04 Å². The van der Waals surface area contributed by atoms with Crippen LogP contribution in [0.25, 0.3) is 0 Å². The zero-order chi connectivity index (χ0) is 14.7. The minimum absolute atomic E-state index is 0.325. The summed E-state index contributed by atoms with van der Waals surface area (Å²) in [7, 11) is 2.03. The maximum atomic E-state index is 4.56. The second-order valence-electron chi connectivity index (χ2n) is 5.10. The van der Waals surface area contributed by atoms with Crippen molar-refractivity contribution in [3.63, 3.8) is 0 Å². The molecule has 0 aliphatic rings. The average Bonchev–Trinajstić information content (AvgIpc) is 2.92. The minimum atomic E-state index is 0.325. The highest BCUT2D eigenvalue weighted by atomic mass is 32.1. The predicted molar refractivity (Wildman–Crippen MR) is 84.3 cm³/mol. The molecular formula is C15H24N4S. The van der Waals surface area contributed by atoms with Crippen molar-refractivity contribution in [2.45, 2.75) is 46.6 Å². The van der Waals surface area contributed by atoms with Gasteiger partial charge in [-0.2, -0.15) is 5.10 Å². The van der Waals surface area contributed by atoms with Gasteiger partial charge >= 0.3 is 0 Å². The number of hydrogen-bond acceptors (Lipinski definition) is 4. The van der Waals surface area contributed by atoms with Crippen LogP contribution in [-0.2, 0) is 19.9 Å². The molecule has 2 rings (SSSR count). The molecule has 0 saturated heterocycles. The first kappa shape index (κ1) is 15.2. The van der Waals surface area contributed by atoms with Gasteiger partial charge in [0.15, 0.2) is 0 Å². The van der Waals surface area contributed by atoms with E-state index in [1.807, 2.05) is 11.7 Å². The van der Waals surface area contributed by atoms with Gasteiger partial charge in [-0.25, -0.2) is 4.98 Å². The van der Waals surface area contributed by atoms with Crippen molar-refractivity contribution in [2.75, 3.05) is 6.54 Å². The number of rotatable bonds is 6. The lowest BCUT2D eigenvalue weighted by Crippen LogP contribution is -2.23. The van der Waals surface area contributed by atoms with Crippen molar-refractivity contribution in [1.29, 1.82) is 0 Å². The summed E-state index contributed by atoms with van der Waals surface area (Å²) in [5, 5.41) is 9.26. The van der Waals surface area contributed by atoms with E-state index in [9.17, 15) is 0 Å². The molecule has 0 bridgehead atoms. The molecule has 0 aromatic carbocycles. The smallest absolute Gasteiger partial charge is 0.0900 e. The summed E-state index contributed by atoms with van der Waals surface area (Å²) in [5.74, 6) is 0. The molecule has 1 unspecified atom stereocenters. The van der Waals surface area contributed by atoms with Gasteiger partial charge in [-0.15, -0.1) is 11.3 Å². The normalized spacial score (nSPS) is 12.8. The number of aromatic nitrogens is 3. The van der Waals surface area contributed by atoms with Crippen LogP contribution in [0.4, 0.5) is 0 Å². The number of hydrogen-bond donors (Lipinski definition) is 1. The van der Waals surface area contributed by atoms with E-state index >= 15 is 0 Å². The lowest BCUT2D eigenvalue weighted by molar-refractivity contribution is 0.533. The van der Waals surface area contributed by atoms with E-state index in [2.05, 4.69) is 49.2 Å². The Morgan fingerprint density at radius 1 is 1.35 bits per heavy atom. The molecular weight excluding hydrogens is 268 g/mol. The van der Waals surface area contributed by atoms with E-state index in [-0.39, 0.29) is 0 Å². The SMILES string of the molecule is CCNC(Cc1cc(CC)nn1C)c1sc(C)nc1C. The standard InChI is InChI=1S/C15H24N4S/c1-6-12-8-13(19(5)18-12)9-14(16-7-2)15-10(3)17-11(4)20-15/h8,14,16H,6-7,9H2,1-5H3. The van der Waals surface area contributed by atoms with Gasteiger partial charge < -0.3 is 5.32 Å². The third-order valence-electron chi connectivity index (χ3n) is 3.51. The molecule has 20 heavy (non-hydrogen) atoms. The van der Waals surface area contributed by atoms with Gasteiger partial charge in [-0.3, -0.25) is 4.68 Å². The molecule has 0 fully saturated rings. The van der Waals surface area contributed by atoms with Crippen LogP contribution in [0, 0.1) is 13.8 Å². The predicted octanol–water partition coefficient (Wildman–Crippen LogP) is 2.95. The summed E-state index contributed by atoms with van der Waals surface area (Å²) in [5.41, 5.74) is 3.59. The van der Waals surface area contributed by atoms with Crippen molar-refractivity contribution in [3.8, 4) is 0 Å². The van der Waals surface area contributed by atoms with Crippen LogP contribution in [-0.4, -0.2) is 21.3 Å². The van der Waals surface area contributed by atoms with Crippen LogP contribution in [0.15, 0.2) is 6.07 Å². The topological polar surface area (TPSA) is 42.7 Å². The van der Waals surface area contributed by atoms with Crippen LogP contribution < -0.4 is 5.32 Å². The monoisotopic (exact) mass is 292 g/mol. The van der Waals surface area contributed by atoms with Gasteiger partial charge in [-0.05, 0) is 32.9 Å². The van der Waals surface area contributed by atoms with Crippen LogP contribution in [0.5, 0.6) is 0 Å². The highest BCUT2D eigenvalue weighted by Crippen LogP contribution is 2.27. The van der Waals surface area contributed by atoms with Gasteiger partial charge in [0, 0.05) is 30.1 Å². The maximum Gasteiger partial charge on any atom is 0.0900 e. The van der Waals surface area contributed by atoms with Gasteiger partial charge in [0.2, 0.25) is 0 Å². The van der Waals surface area contributed by atoms with Gasteiger partial charge in [0.05, 0.1) is 16.4 Å². The number of aryl methyl sites for hydroxylation is 4. The highest BCUT2D eigenvalue weighted by Gasteiger charge is 2.19. The third-order valence-corrected chi connectivity index (χ3v) is 4.70. The fourth-order valence-electron chi connectivity index (χ4n) is 2.52. The molecule has 1 atom stereocenters. The quantitative estimate of drug-likeness (QED) is 0.890. The van der Waals surface area contributed by atoms with Crippen molar-refractivity contribution in [3.05, 3.63) is 33.0 Å². The summed E-state index contributed by atoms with van der Waals surface area (Å²) in [6.07, 6.45) is 1.94. The van der Waals surface area contributed by atoms with E-state index in [1.165, 1.54) is 10.6 Å². The molecule has 4 nitrogen and oxygen atoms in total. The number of likely N-dealkylation sites (N-methyl/N-ethyl adjacent to an activating group) is 1. The first-order valence-electron chi connectivity index (χ1n) is 7.24. The Morgan fingerprint density at radius 3 is 2.60 bits per heavy atom. The second kappa shape index (κ2) is 6.50. The van der Waals surface area contributed by atoms with Crippen LogP contribution >= 0.6 is 11.3 Å². The van der Waals surface area contributed by atoms with Gasteiger partial charge in [-0.1, -0.05) is 13.8 Å². The Labute approximate surface area is 125 Å². The molecule has 0 radical (unpaired) electrons. The Balaban J connectivity index is 2.25. The molecule has 110 valence electrons. The van der Waals surface area contributed by atoms with Crippen molar-refractivity contribution in [1.82, 2.24) is 20.1 Å². The van der Waals surface area contributed by atoms with E-state index < -0.39 is 0 Å². The second-order valence-corrected chi connectivity index (χ2v) is 6.34. The summed E-state index contributed by atoms with van der Waals surface area (Å²) in [4.78, 5) is 5.91. The van der Waals surface area contributed by atoms with Crippen LogP contribution in [0.2, 0.25) is 0 Å². The Kier molecular flexibility index (Phi) is 4.94. The summed E-state index contributed by atoms with van der Waals surface area (Å²) in [6.45, 7) is 9.42. The van der Waals surface area contributed by atoms with Crippen molar-refractivity contribution in [2.24, 2.45) is 7.05 Å². The Hall–Kier alpha value is -1.20. The zero-order valence-corrected chi connectivity index (χ0v) is 13.8. The molecule has 1 N–H and O–H groups in total. The van der Waals surface area contributed by atoms with E-state index in [1.54, 1.807) is 11.3 Å². The molecule has 0 amide bonds. The fraction of sp³-hybridized carbons (Fsp3) is 0.600. The molecule has 0 spiro atoms. The van der Waals surface area contributed by atoms with Crippen LogP contribution in [0.3, 0.4) is 0 Å². The summed E-state index contributed by atoms with van der Waals surface area (Å²) in [6, 6.07) is 2.54. The van der Waals surface area contributed by atoms with Crippen molar-refractivity contribution >= 4 is 11.3 Å². The summed E-state index contributed by atoms with van der Waals surface area (Å²) >= 11 is 1.80. The Morgan fingerprint density at radius 2 is 2.10 bits per heavy atom. The first-order chi connectivity index (χ1) is 9.55. The van der Waals surface area contributed by atoms with Crippen LogP contribution in [0.1, 0.15) is 46.9 Å². The number of nitrogens with zero attached hydrogens (tertiary/aromatic N) is 3. The zero-order valence-electron chi connectivity index (χ0n) is 13.0. The molecule has 2 heterocycles. The molecule has 2 aromatic heterocycles. The third kappa shape index (κ3) is 3.27. The molecule has 0 aliphatic heterocycles. The van der Waals surface area contributed by atoms with Crippen molar-refractivity contribution < 1.29 is 0 Å². The molecule has 0 saturated carbocycles. The number of thiazole rings is 1.